The molecule has 214 valence electrons. The Morgan fingerprint density at radius 3 is 2.52 bits per heavy atom. The summed E-state index contributed by atoms with van der Waals surface area (Å²) in [6, 6.07) is 13.0. The van der Waals surface area contributed by atoms with Gasteiger partial charge in [0.15, 0.2) is 0 Å². The molecule has 4 heterocycles. The van der Waals surface area contributed by atoms with E-state index in [1.165, 1.54) is 17.5 Å². The van der Waals surface area contributed by atoms with Gasteiger partial charge in [0.2, 0.25) is 0 Å². The third kappa shape index (κ3) is 5.51. The predicted octanol–water partition coefficient (Wildman–Crippen LogP) is 7.27. The van der Waals surface area contributed by atoms with E-state index < -0.39 is 0 Å². The quantitative estimate of drug-likeness (QED) is 0.308. The molecule has 3 saturated heterocycles. The average Bonchev–Trinajstić information content (AvgIpc) is 2.92. The molecule has 3 aliphatic heterocycles. The Bertz CT molecular complexity index is 1380. The van der Waals surface area contributed by atoms with Gasteiger partial charge in [-0.25, -0.2) is 0 Å². The van der Waals surface area contributed by atoms with Crippen molar-refractivity contribution >= 4 is 10.9 Å². The van der Waals surface area contributed by atoms with Crippen LogP contribution in [0, 0.1) is 11.8 Å². The summed E-state index contributed by atoms with van der Waals surface area (Å²) in [7, 11) is 1.71. The highest BCUT2D eigenvalue weighted by atomic mass is 16.5. The number of phenols is 1. The van der Waals surface area contributed by atoms with Crippen LogP contribution in [0.15, 0.2) is 55.3 Å². The predicted molar refractivity (Wildman–Crippen MR) is 165 cm³/mol. The molecule has 3 aromatic rings. The molecule has 0 amide bonds. The summed E-state index contributed by atoms with van der Waals surface area (Å²) in [5.74, 6) is 2.43. The first-order valence-corrected chi connectivity index (χ1v) is 14.8. The second-order valence-electron chi connectivity index (χ2n) is 13.9. The lowest BCUT2D eigenvalue weighted by atomic mass is 9.73. The Labute approximate surface area is 240 Å². The Morgan fingerprint density at radius 1 is 1.12 bits per heavy atom. The van der Waals surface area contributed by atoms with E-state index in [4.69, 9.17) is 4.74 Å². The number of rotatable bonds is 7. The van der Waals surface area contributed by atoms with Crippen LogP contribution < -0.4 is 10.1 Å². The summed E-state index contributed by atoms with van der Waals surface area (Å²) in [4.78, 5) is 7.34. The minimum absolute atomic E-state index is 0.0444. The van der Waals surface area contributed by atoms with Gasteiger partial charge in [0.1, 0.15) is 11.5 Å². The van der Waals surface area contributed by atoms with Gasteiger partial charge in [-0.15, -0.1) is 6.58 Å². The van der Waals surface area contributed by atoms with E-state index in [9.17, 15) is 5.11 Å². The van der Waals surface area contributed by atoms with E-state index in [1.807, 2.05) is 24.4 Å². The van der Waals surface area contributed by atoms with Gasteiger partial charge in [0.25, 0.3) is 0 Å². The number of ether oxygens (including phenoxy) is 1. The fourth-order valence-corrected chi connectivity index (χ4v) is 6.88. The van der Waals surface area contributed by atoms with Crippen molar-refractivity contribution in [3.05, 3.63) is 77.5 Å². The molecular weight excluding hydrogens is 494 g/mol. The van der Waals surface area contributed by atoms with Gasteiger partial charge in [-0.05, 0) is 89.1 Å². The molecule has 4 unspecified atom stereocenters. The minimum atomic E-state index is -0.105. The maximum atomic E-state index is 11.4. The summed E-state index contributed by atoms with van der Waals surface area (Å²) in [5, 5.41) is 16.5. The van der Waals surface area contributed by atoms with Crippen LogP contribution in [0.1, 0.15) is 82.7 Å². The van der Waals surface area contributed by atoms with Crippen LogP contribution in [-0.4, -0.2) is 41.2 Å². The van der Waals surface area contributed by atoms with Gasteiger partial charge in [0.05, 0.1) is 12.6 Å². The molecule has 2 aromatic carbocycles. The molecule has 5 nitrogen and oxygen atoms in total. The van der Waals surface area contributed by atoms with Crippen molar-refractivity contribution in [1.82, 2.24) is 15.2 Å². The first kappa shape index (κ1) is 28.6. The number of nitrogens with zero attached hydrogens (tertiary/aromatic N) is 2. The number of aromatic nitrogens is 1. The van der Waals surface area contributed by atoms with Crippen molar-refractivity contribution in [2.45, 2.75) is 83.8 Å². The third-order valence-corrected chi connectivity index (χ3v) is 9.26. The van der Waals surface area contributed by atoms with Crippen molar-refractivity contribution in [1.29, 1.82) is 0 Å². The average molecular weight is 542 g/mol. The zero-order chi connectivity index (χ0) is 28.8. The van der Waals surface area contributed by atoms with E-state index in [0.29, 0.717) is 30.2 Å². The molecule has 0 spiro atoms. The molecule has 0 saturated carbocycles. The maximum absolute atomic E-state index is 11.4. The minimum Gasteiger partial charge on any atom is -0.508 e. The zero-order valence-electron chi connectivity index (χ0n) is 25.4. The summed E-state index contributed by atoms with van der Waals surface area (Å²) in [6.45, 7) is 20.2. The number of hydrogen-bond donors (Lipinski definition) is 2. The smallest absolute Gasteiger partial charge is 0.120 e. The van der Waals surface area contributed by atoms with Crippen molar-refractivity contribution in [2.75, 3.05) is 20.2 Å². The van der Waals surface area contributed by atoms with Crippen molar-refractivity contribution in [3.63, 3.8) is 0 Å². The standard InChI is InChI=1S/C35H47N3O2/c1-9-22-21-38-15-13-23(22)16-31(38)33(26-12-14-36-30-11-10-25(40-8)19-27(26)30)37-20-28-29(35(5,6)7)17-24(18-32(28)39)34(2,3)4/h9-12,14,17-19,22-23,31,33,37,39H,1,13,15-16,20-21H2,2-8H3/t22?,23?,31?,33-/m1/s1. The number of phenolic OH excluding ortho intramolecular Hbond substituents is 1. The Hall–Kier alpha value is -2.89. The number of pyridine rings is 1. The van der Waals surface area contributed by atoms with Crippen LogP contribution in [0.3, 0.4) is 0 Å². The monoisotopic (exact) mass is 541 g/mol. The van der Waals surface area contributed by atoms with E-state index in [0.717, 1.165) is 47.3 Å². The maximum Gasteiger partial charge on any atom is 0.120 e. The first-order valence-electron chi connectivity index (χ1n) is 14.8. The molecule has 40 heavy (non-hydrogen) atoms. The van der Waals surface area contributed by atoms with Crippen molar-refractivity contribution in [2.24, 2.45) is 11.8 Å². The number of nitrogens with one attached hydrogen (secondary N) is 1. The lowest BCUT2D eigenvalue weighted by molar-refractivity contribution is 0.000900. The van der Waals surface area contributed by atoms with Crippen LogP contribution in [0.4, 0.5) is 0 Å². The molecule has 3 aliphatic rings. The van der Waals surface area contributed by atoms with Crippen LogP contribution in [0.25, 0.3) is 10.9 Å². The molecule has 6 rings (SSSR count). The highest BCUT2D eigenvalue weighted by molar-refractivity contribution is 5.84. The number of hydrogen-bond acceptors (Lipinski definition) is 5. The Balaban J connectivity index is 1.58. The highest BCUT2D eigenvalue weighted by Gasteiger charge is 2.43. The van der Waals surface area contributed by atoms with Gasteiger partial charge in [0, 0.05) is 42.3 Å². The van der Waals surface area contributed by atoms with Gasteiger partial charge in [-0.1, -0.05) is 53.7 Å². The molecule has 5 heteroatoms. The van der Waals surface area contributed by atoms with E-state index in [-0.39, 0.29) is 16.9 Å². The Kier molecular flexibility index (Phi) is 7.75. The van der Waals surface area contributed by atoms with E-state index >= 15 is 0 Å². The van der Waals surface area contributed by atoms with Crippen LogP contribution >= 0.6 is 0 Å². The topological polar surface area (TPSA) is 57.6 Å². The van der Waals surface area contributed by atoms with Crippen molar-refractivity contribution < 1.29 is 9.84 Å². The number of fused-ring (bicyclic) bond motifs is 4. The highest BCUT2D eigenvalue weighted by Crippen LogP contribution is 2.43. The van der Waals surface area contributed by atoms with Crippen LogP contribution in [0.5, 0.6) is 11.5 Å². The molecule has 2 bridgehead atoms. The van der Waals surface area contributed by atoms with E-state index in [1.54, 1.807) is 7.11 Å². The molecule has 5 atom stereocenters. The summed E-state index contributed by atoms with van der Waals surface area (Å²) >= 11 is 0. The lowest BCUT2D eigenvalue weighted by Gasteiger charge is -2.52. The first-order chi connectivity index (χ1) is 18.9. The van der Waals surface area contributed by atoms with E-state index in [2.05, 4.69) is 87.6 Å². The Morgan fingerprint density at radius 2 is 1.90 bits per heavy atom. The number of methoxy groups -OCH3 is 1. The molecule has 0 radical (unpaired) electrons. The fourth-order valence-electron chi connectivity index (χ4n) is 6.88. The van der Waals surface area contributed by atoms with Crippen LogP contribution in [0.2, 0.25) is 0 Å². The molecular formula is C35H47N3O2. The fraction of sp³-hybridized carbons (Fsp3) is 0.514. The van der Waals surface area contributed by atoms with Gasteiger partial charge >= 0.3 is 0 Å². The number of piperidine rings is 3. The summed E-state index contributed by atoms with van der Waals surface area (Å²) < 4.78 is 5.61. The number of aromatic hydroxyl groups is 1. The summed E-state index contributed by atoms with van der Waals surface area (Å²) in [6.07, 6.45) is 6.45. The second-order valence-corrected chi connectivity index (χ2v) is 13.9. The largest absolute Gasteiger partial charge is 0.508 e. The lowest BCUT2D eigenvalue weighted by Crippen LogP contribution is -2.56. The summed E-state index contributed by atoms with van der Waals surface area (Å²) in [5.41, 5.74) is 5.40. The van der Waals surface area contributed by atoms with Gasteiger partial charge < -0.3 is 15.2 Å². The normalized spacial score (nSPS) is 23.8. The molecule has 2 N–H and O–H groups in total. The molecule has 1 aromatic heterocycles. The third-order valence-electron chi connectivity index (χ3n) is 9.26. The van der Waals surface area contributed by atoms with Crippen molar-refractivity contribution in [3.8, 4) is 11.5 Å². The molecule has 0 aliphatic carbocycles. The van der Waals surface area contributed by atoms with Gasteiger partial charge in [-0.3, -0.25) is 9.88 Å². The SMILES string of the molecule is C=CC1CN2CCC1CC2[C@H](NCc1c(O)cc(C(C)(C)C)cc1C(C)(C)C)c1ccnc2ccc(OC)cc12. The molecule has 3 fully saturated rings. The number of benzene rings is 2. The second kappa shape index (κ2) is 10.8. The zero-order valence-corrected chi connectivity index (χ0v) is 25.4. The van der Waals surface area contributed by atoms with Crippen LogP contribution in [-0.2, 0) is 17.4 Å². The van der Waals surface area contributed by atoms with Gasteiger partial charge in [-0.2, -0.15) is 0 Å².